The maximum atomic E-state index is 12.9. The molecule has 1 heterocycles. The standard InChI is InChI=1S/C22H33ClN2O2/c1-15(2)5-10-20(17-6-8-19(23)9-7-17)24-21(26)18-11-13-25(14-12-18)22(27)16(3)4/h6-9,15-16,18,20H,5,10-14H2,1-4H3,(H,24,26). The van der Waals surface area contributed by atoms with Crippen LogP contribution in [0.3, 0.4) is 0 Å². The van der Waals surface area contributed by atoms with E-state index in [4.69, 9.17) is 11.6 Å². The number of nitrogens with one attached hydrogen (secondary N) is 1. The zero-order valence-electron chi connectivity index (χ0n) is 17.0. The summed E-state index contributed by atoms with van der Waals surface area (Å²) < 4.78 is 0. The van der Waals surface area contributed by atoms with Crippen molar-refractivity contribution in [2.75, 3.05) is 13.1 Å². The van der Waals surface area contributed by atoms with E-state index in [0.29, 0.717) is 24.0 Å². The second-order valence-electron chi connectivity index (χ2n) is 8.34. The number of hydrogen-bond donors (Lipinski definition) is 1. The average molecular weight is 393 g/mol. The normalized spacial score (nSPS) is 16.6. The van der Waals surface area contributed by atoms with Crippen LogP contribution >= 0.6 is 11.6 Å². The third kappa shape index (κ3) is 6.53. The summed E-state index contributed by atoms with van der Waals surface area (Å²) in [5.74, 6) is 0.873. The molecule has 1 fully saturated rings. The van der Waals surface area contributed by atoms with Gasteiger partial charge in [0.05, 0.1) is 6.04 Å². The van der Waals surface area contributed by atoms with Gasteiger partial charge in [0.15, 0.2) is 0 Å². The number of rotatable bonds is 7. The minimum atomic E-state index is -0.0185. The van der Waals surface area contributed by atoms with Gasteiger partial charge < -0.3 is 10.2 Å². The van der Waals surface area contributed by atoms with E-state index in [0.717, 1.165) is 31.2 Å². The summed E-state index contributed by atoms with van der Waals surface area (Å²) in [5, 5.41) is 3.96. The number of halogens is 1. The van der Waals surface area contributed by atoms with Gasteiger partial charge in [-0.15, -0.1) is 0 Å². The van der Waals surface area contributed by atoms with Gasteiger partial charge in [-0.05, 0) is 49.3 Å². The molecule has 1 N–H and O–H groups in total. The maximum absolute atomic E-state index is 12.9. The summed E-state index contributed by atoms with van der Waals surface area (Å²) in [7, 11) is 0. The van der Waals surface area contributed by atoms with Gasteiger partial charge >= 0.3 is 0 Å². The highest BCUT2D eigenvalue weighted by atomic mass is 35.5. The number of piperidine rings is 1. The molecule has 0 aromatic heterocycles. The summed E-state index contributed by atoms with van der Waals surface area (Å²) >= 11 is 6.01. The Hall–Kier alpha value is -1.55. The molecule has 1 aromatic rings. The summed E-state index contributed by atoms with van der Waals surface area (Å²) in [6.07, 6.45) is 3.44. The molecule has 150 valence electrons. The van der Waals surface area contributed by atoms with Gasteiger partial charge in [-0.25, -0.2) is 0 Å². The predicted molar refractivity (Wildman–Crippen MR) is 111 cm³/mol. The lowest BCUT2D eigenvalue weighted by atomic mass is 9.93. The number of nitrogens with zero attached hydrogens (tertiary/aromatic N) is 1. The molecule has 1 aliphatic rings. The molecule has 0 spiro atoms. The van der Waals surface area contributed by atoms with Crippen molar-refractivity contribution < 1.29 is 9.59 Å². The Kier molecular flexibility index (Phi) is 8.15. The van der Waals surface area contributed by atoms with Crippen molar-refractivity contribution in [2.45, 2.75) is 59.4 Å². The maximum Gasteiger partial charge on any atom is 0.225 e. The van der Waals surface area contributed by atoms with Gasteiger partial charge in [-0.2, -0.15) is 0 Å². The zero-order valence-corrected chi connectivity index (χ0v) is 17.8. The number of likely N-dealkylation sites (tertiary alicyclic amines) is 1. The van der Waals surface area contributed by atoms with Gasteiger partial charge in [-0.3, -0.25) is 9.59 Å². The topological polar surface area (TPSA) is 49.4 Å². The van der Waals surface area contributed by atoms with Gasteiger partial charge in [0, 0.05) is 29.9 Å². The molecular formula is C22H33ClN2O2. The van der Waals surface area contributed by atoms with Gasteiger partial charge in [0.25, 0.3) is 0 Å². The number of carbonyl (C=O) groups excluding carboxylic acids is 2. The molecule has 0 saturated carbocycles. The molecule has 1 aromatic carbocycles. The van der Waals surface area contributed by atoms with Crippen LogP contribution < -0.4 is 5.32 Å². The van der Waals surface area contributed by atoms with Crippen LogP contribution in [0.1, 0.15) is 65.0 Å². The predicted octanol–water partition coefficient (Wildman–Crippen LogP) is 4.83. The van der Waals surface area contributed by atoms with Crippen molar-refractivity contribution >= 4 is 23.4 Å². The second kappa shape index (κ2) is 10.1. The Labute approximate surface area is 168 Å². The number of benzene rings is 1. The Morgan fingerprint density at radius 2 is 1.67 bits per heavy atom. The Bertz CT molecular complexity index is 620. The molecule has 5 heteroatoms. The summed E-state index contributed by atoms with van der Waals surface area (Å²) in [6, 6.07) is 7.75. The summed E-state index contributed by atoms with van der Waals surface area (Å²) in [6.45, 7) is 9.59. The fourth-order valence-corrected chi connectivity index (χ4v) is 3.66. The quantitative estimate of drug-likeness (QED) is 0.722. The van der Waals surface area contributed by atoms with E-state index >= 15 is 0 Å². The van der Waals surface area contributed by atoms with Gasteiger partial charge in [0.1, 0.15) is 0 Å². The number of hydrogen-bond acceptors (Lipinski definition) is 2. The molecule has 0 aliphatic carbocycles. The van der Waals surface area contributed by atoms with Crippen LogP contribution in [0.4, 0.5) is 0 Å². The highest BCUT2D eigenvalue weighted by Gasteiger charge is 2.29. The minimum absolute atomic E-state index is 0.00694. The van der Waals surface area contributed by atoms with Crippen molar-refractivity contribution in [3.05, 3.63) is 34.9 Å². The van der Waals surface area contributed by atoms with Crippen LogP contribution in [-0.4, -0.2) is 29.8 Å². The average Bonchev–Trinajstić information content (AvgIpc) is 2.65. The van der Waals surface area contributed by atoms with Crippen molar-refractivity contribution in [1.29, 1.82) is 0 Å². The number of carbonyl (C=O) groups is 2. The second-order valence-corrected chi connectivity index (χ2v) is 8.77. The molecule has 0 radical (unpaired) electrons. The van der Waals surface area contributed by atoms with Crippen LogP contribution in [0.2, 0.25) is 5.02 Å². The lowest BCUT2D eigenvalue weighted by Crippen LogP contribution is -2.44. The zero-order chi connectivity index (χ0) is 20.0. The van der Waals surface area contributed by atoms with E-state index in [1.807, 2.05) is 43.0 Å². The first-order valence-electron chi connectivity index (χ1n) is 10.1. The highest BCUT2D eigenvalue weighted by Crippen LogP contribution is 2.25. The molecule has 0 bridgehead atoms. The van der Waals surface area contributed by atoms with E-state index in [1.165, 1.54) is 0 Å². The SMILES string of the molecule is CC(C)CCC(NC(=O)C1CCN(C(=O)C(C)C)CC1)c1ccc(Cl)cc1. The van der Waals surface area contributed by atoms with Crippen LogP contribution in [0, 0.1) is 17.8 Å². The highest BCUT2D eigenvalue weighted by molar-refractivity contribution is 6.30. The van der Waals surface area contributed by atoms with E-state index in [-0.39, 0.29) is 29.7 Å². The molecule has 2 rings (SSSR count). The van der Waals surface area contributed by atoms with Crippen molar-refractivity contribution in [1.82, 2.24) is 10.2 Å². The van der Waals surface area contributed by atoms with Crippen molar-refractivity contribution in [3.8, 4) is 0 Å². The van der Waals surface area contributed by atoms with Crippen molar-refractivity contribution in [3.63, 3.8) is 0 Å². The Morgan fingerprint density at radius 3 is 2.19 bits per heavy atom. The Balaban J connectivity index is 1.97. The van der Waals surface area contributed by atoms with Crippen LogP contribution in [0.15, 0.2) is 24.3 Å². The third-order valence-electron chi connectivity index (χ3n) is 5.29. The number of amides is 2. The molecule has 27 heavy (non-hydrogen) atoms. The molecule has 1 unspecified atom stereocenters. The van der Waals surface area contributed by atoms with E-state index in [1.54, 1.807) is 0 Å². The lowest BCUT2D eigenvalue weighted by Gasteiger charge is -2.33. The monoisotopic (exact) mass is 392 g/mol. The molecule has 2 amide bonds. The van der Waals surface area contributed by atoms with Crippen LogP contribution in [0.25, 0.3) is 0 Å². The fraction of sp³-hybridized carbons (Fsp3) is 0.636. The van der Waals surface area contributed by atoms with Gasteiger partial charge in [0.2, 0.25) is 11.8 Å². The Morgan fingerprint density at radius 1 is 1.07 bits per heavy atom. The molecule has 1 atom stereocenters. The molecule has 4 nitrogen and oxygen atoms in total. The first kappa shape index (κ1) is 21.7. The van der Waals surface area contributed by atoms with E-state index in [2.05, 4.69) is 19.2 Å². The smallest absolute Gasteiger partial charge is 0.225 e. The third-order valence-corrected chi connectivity index (χ3v) is 5.54. The van der Waals surface area contributed by atoms with Crippen molar-refractivity contribution in [2.24, 2.45) is 17.8 Å². The van der Waals surface area contributed by atoms with Crippen LogP contribution in [-0.2, 0) is 9.59 Å². The van der Waals surface area contributed by atoms with E-state index in [9.17, 15) is 9.59 Å². The fourth-order valence-electron chi connectivity index (χ4n) is 3.53. The lowest BCUT2D eigenvalue weighted by molar-refractivity contribution is -0.138. The molecule has 1 saturated heterocycles. The minimum Gasteiger partial charge on any atom is -0.349 e. The first-order chi connectivity index (χ1) is 12.8. The summed E-state index contributed by atoms with van der Waals surface area (Å²) in [5.41, 5.74) is 1.10. The largest absolute Gasteiger partial charge is 0.349 e. The molecule has 1 aliphatic heterocycles. The van der Waals surface area contributed by atoms with Gasteiger partial charge in [-0.1, -0.05) is 51.4 Å². The summed E-state index contributed by atoms with van der Waals surface area (Å²) in [4.78, 5) is 26.9. The first-order valence-corrected chi connectivity index (χ1v) is 10.5. The van der Waals surface area contributed by atoms with Crippen LogP contribution in [0.5, 0.6) is 0 Å². The molecular weight excluding hydrogens is 360 g/mol. The van der Waals surface area contributed by atoms with E-state index < -0.39 is 0 Å².